The van der Waals surface area contributed by atoms with E-state index < -0.39 is 18.0 Å². The SMILES string of the molecule is N#CCN(N)[C@@H](Cc1ccccc1)C(=O)O.N#CCOC(=O)CCC(=O)c1ccccc1. The molecule has 166 valence electrons. The molecule has 2 aromatic carbocycles. The number of nitriles is 2. The average Bonchev–Trinajstić information content (AvgIpc) is 2.81. The van der Waals surface area contributed by atoms with Crippen molar-refractivity contribution in [2.24, 2.45) is 5.84 Å². The average molecular weight is 436 g/mol. The van der Waals surface area contributed by atoms with E-state index in [0.717, 1.165) is 10.6 Å². The summed E-state index contributed by atoms with van der Waals surface area (Å²) in [7, 11) is 0. The van der Waals surface area contributed by atoms with E-state index in [-0.39, 0.29) is 38.2 Å². The lowest BCUT2D eigenvalue weighted by Gasteiger charge is -2.21. The van der Waals surface area contributed by atoms with Crippen molar-refractivity contribution in [2.75, 3.05) is 13.2 Å². The van der Waals surface area contributed by atoms with E-state index in [9.17, 15) is 14.4 Å². The molecule has 0 amide bonds. The second-order valence-electron chi connectivity index (χ2n) is 6.48. The molecule has 0 aliphatic heterocycles. The van der Waals surface area contributed by atoms with Crippen LogP contribution < -0.4 is 5.84 Å². The number of hydrogen-bond acceptors (Lipinski definition) is 8. The predicted molar refractivity (Wildman–Crippen MR) is 115 cm³/mol. The Labute approximate surface area is 186 Å². The van der Waals surface area contributed by atoms with Crippen molar-refractivity contribution in [1.82, 2.24) is 5.01 Å². The normalized spacial score (nSPS) is 10.6. The van der Waals surface area contributed by atoms with Gasteiger partial charge in [-0.3, -0.25) is 20.2 Å². The van der Waals surface area contributed by atoms with Gasteiger partial charge >= 0.3 is 11.9 Å². The molecule has 0 aromatic heterocycles. The van der Waals surface area contributed by atoms with Gasteiger partial charge in [-0.15, -0.1) is 0 Å². The molecule has 1 atom stereocenters. The number of benzene rings is 2. The Balaban J connectivity index is 0.000000320. The fourth-order valence-corrected chi connectivity index (χ4v) is 2.54. The quantitative estimate of drug-likeness (QED) is 0.187. The predicted octanol–water partition coefficient (Wildman–Crippen LogP) is 2.10. The summed E-state index contributed by atoms with van der Waals surface area (Å²) >= 11 is 0. The zero-order valence-corrected chi connectivity index (χ0v) is 17.4. The molecule has 2 rings (SSSR count). The Morgan fingerprint density at radius 1 is 0.969 bits per heavy atom. The third kappa shape index (κ3) is 10.1. The molecule has 0 radical (unpaired) electrons. The summed E-state index contributed by atoms with van der Waals surface area (Å²) < 4.78 is 4.53. The van der Waals surface area contributed by atoms with Crippen LogP contribution >= 0.6 is 0 Å². The number of carbonyl (C=O) groups excluding carboxylic acids is 2. The molecule has 9 heteroatoms. The summed E-state index contributed by atoms with van der Waals surface area (Å²) in [5.74, 6) is 3.86. The van der Waals surface area contributed by atoms with Crippen LogP contribution in [0.1, 0.15) is 28.8 Å². The fraction of sp³-hybridized carbons (Fsp3) is 0.261. The van der Waals surface area contributed by atoms with Gasteiger partial charge in [0.25, 0.3) is 0 Å². The molecule has 3 N–H and O–H groups in total. The first-order chi connectivity index (χ1) is 15.4. The van der Waals surface area contributed by atoms with Crippen LogP contribution in [-0.4, -0.2) is 47.0 Å². The molecule has 0 unspecified atom stereocenters. The van der Waals surface area contributed by atoms with Gasteiger partial charge in [-0.1, -0.05) is 60.7 Å². The van der Waals surface area contributed by atoms with Crippen LogP contribution in [0.3, 0.4) is 0 Å². The lowest BCUT2D eigenvalue weighted by atomic mass is 10.1. The highest BCUT2D eigenvalue weighted by molar-refractivity contribution is 5.97. The molecule has 0 fully saturated rings. The van der Waals surface area contributed by atoms with Crippen LogP contribution in [0.4, 0.5) is 0 Å². The second kappa shape index (κ2) is 14.9. The Bertz CT molecular complexity index is 952. The number of ketones is 1. The number of ether oxygens (including phenoxy) is 1. The maximum Gasteiger partial charge on any atom is 0.322 e. The van der Waals surface area contributed by atoms with Crippen molar-refractivity contribution in [1.29, 1.82) is 10.5 Å². The summed E-state index contributed by atoms with van der Waals surface area (Å²) in [6.07, 6.45) is 0.401. The summed E-state index contributed by atoms with van der Waals surface area (Å²) in [5, 5.41) is 26.7. The van der Waals surface area contributed by atoms with Gasteiger partial charge in [0.05, 0.1) is 12.5 Å². The number of hydrazine groups is 1. The maximum atomic E-state index is 11.6. The number of carbonyl (C=O) groups is 3. The number of esters is 1. The smallest absolute Gasteiger partial charge is 0.322 e. The van der Waals surface area contributed by atoms with Crippen LogP contribution in [-0.2, 0) is 20.7 Å². The van der Waals surface area contributed by atoms with Crippen molar-refractivity contribution in [3.63, 3.8) is 0 Å². The Morgan fingerprint density at radius 3 is 2.09 bits per heavy atom. The number of aliphatic carboxylic acids is 1. The van der Waals surface area contributed by atoms with Gasteiger partial charge in [0.15, 0.2) is 12.4 Å². The van der Waals surface area contributed by atoms with Gasteiger partial charge in [0.2, 0.25) is 0 Å². The highest BCUT2D eigenvalue weighted by Gasteiger charge is 2.23. The number of nitrogens with two attached hydrogens (primary N) is 1. The van der Waals surface area contributed by atoms with E-state index in [2.05, 4.69) is 4.74 Å². The molecule has 2 aromatic rings. The van der Waals surface area contributed by atoms with Crippen LogP contribution in [0.5, 0.6) is 0 Å². The fourth-order valence-electron chi connectivity index (χ4n) is 2.54. The molecule has 0 aliphatic carbocycles. The minimum Gasteiger partial charge on any atom is -0.480 e. The van der Waals surface area contributed by atoms with E-state index >= 15 is 0 Å². The van der Waals surface area contributed by atoms with Crippen LogP contribution in [0, 0.1) is 22.7 Å². The Kier molecular flexibility index (Phi) is 12.1. The van der Waals surface area contributed by atoms with Gasteiger partial charge in [-0.05, 0) is 5.56 Å². The number of Topliss-reactive ketones (excluding diaryl/α,β-unsaturated/α-hetero) is 1. The van der Waals surface area contributed by atoms with Gasteiger partial charge < -0.3 is 9.84 Å². The third-order valence-corrected chi connectivity index (χ3v) is 4.16. The van der Waals surface area contributed by atoms with E-state index in [1.165, 1.54) is 0 Å². The summed E-state index contributed by atoms with van der Waals surface area (Å²) in [4.78, 5) is 33.6. The van der Waals surface area contributed by atoms with E-state index in [1.807, 2.05) is 42.5 Å². The minimum atomic E-state index is -1.03. The number of nitrogens with zero attached hydrogens (tertiary/aromatic N) is 3. The van der Waals surface area contributed by atoms with Crippen LogP contribution in [0.2, 0.25) is 0 Å². The highest BCUT2D eigenvalue weighted by Crippen LogP contribution is 2.07. The van der Waals surface area contributed by atoms with Gasteiger partial charge in [0.1, 0.15) is 18.7 Å². The number of hydrogen-bond donors (Lipinski definition) is 2. The van der Waals surface area contributed by atoms with E-state index in [4.69, 9.17) is 21.5 Å². The van der Waals surface area contributed by atoms with E-state index in [0.29, 0.717) is 5.56 Å². The molecule has 0 aliphatic rings. The summed E-state index contributed by atoms with van der Waals surface area (Å²) in [6, 6.07) is 20.6. The standard InChI is InChI=1S/C12H11NO3.C11H13N3O2/c13-8-9-16-12(15)7-6-11(14)10-4-2-1-3-5-10;12-6-7-14(13)10(11(15)16)8-9-4-2-1-3-5-9/h1-5H,6-7,9H2;1-5,10H,7-8,13H2,(H,15,16)/t;10-/m.0/s1. The lowest BCUT2D eigenvalue weighted by molar-refractivity contribution is -0.143. The molecular weight excluding hydrogens is 412 g/mol. The van der Waals surface area contributed by atoms with Gasteiger partial charge in [-0.2, -0.15) is 10.5 Å². The molecule has 0 spiro atoms. The molecular formula is C23H24N4O5. The van der Waals surface area contributed by atoms with Crippen molar-refractivity contribution in [3.05, 3.63) is 71.8 Å². The lowest BCUT2D eigenvalue weighted by Crippen LogP contribution is -2.47. The largest absolute Gasteiger partial charge is 0.480 e. The minimum absolute atomic E-state index is 0.00933. The summed E-state index contributed by atoms with van der Waals surface area (Å²) in [6.45, 7) is -0.373. The molecule has 32 heavy (non-hydrogen) atoms. The molecule has 0 saturated carbocycles. The first-order valence-electron chi connectivity index (χ1n) is 9.64. The zero-order valence-electron chi connectivity index (χ0n) is 17.4. The molecule has 9 nitrogen and oxygen atoms in total. The first kappa shape index (κ1) is 26.0. The Hall–Kier alpha value is -4.05. The first-order valence-corrected chi connectivity index (χ1v) is 9.64. The highest BCUT2D eigenvalue weighted by atomic mass is 16.5. The van der Waals surface area contributed by atoms with Crippen LogP contribution in [0.25, 0.3) is 0 Å². The van der Waals surface area contributed by atoms with Crippen molar-refractivity contribution in [3.8, 4) is 12.1 Å². The number of carboxylic acid groups (broad SMARTS) is 1. The van der Waals surface area contributed by atoms with E-state index in [1.54, 1.807) is 30.3 Å². The Morgan fingerprint density at radius 2 is 1.56 bits per heavy atom. The second-order valence-corrected chi connectivity index (χ2v) is 6.48. The molecule has 0 bridgehead atoms. The van der Waals surface area contributed by atoms with Crippen molar-refractivity contribution >= 4 is 17.7 Å². The summed E-state index contributed by atoms with van der Waals surface area (Å²) in [5.41, 5.74) is 1.46. The zero-order chi connectivity index (χ0) is 23.8. The number of rotatable bonds is 10. The van der Waals surface area contributed by atoms with Crippen LogP contribution in [0.15, 0.2) is 60.7 Å². The van der Waals surface area contributed by atoms with Gasteiger partial charge in [-0.25, -0.2) is 5.01 Å². The topological polar surface area (TPSA) is 158 Å². The molecule has 0 saturated heterocycles. The number of carboxylic acids is 1. The van der Waals surface area contributed by atoms with Gasteiger partial charge in [0, 0.05) is 18.4 Å². The van der Waals surface area contributed by atoms with Crippen molar-refractivity contribution in [2.45, 2.75) is 25.3 Å². The molecule has 0 heterocycles. The van der Waals surface area contributed by atoms with Crippen molar-refractivity contribution < 1.29 is 24.2 Å². The monoisotopic (exact) mass is 436 g/mol. The maximum absolute atomic E-state index is 11.6. The third-order valence-electron chi connectivity index (χ3n) is 4.16.